The second kappa shape index (κ2) is 6.76. The maximum Gasteiger partial charge on any atom is 0.252 e. The van der Waals surface area contributed by atoms with E-state index in [0.29, 0.717) is 12.1 Å². The lowest BCUT2D eigenvalue weighted by Gasteiger charge is -2.22. The molecule has 1 aromatic carbocycles. The first kappa shape index (κ1) is 16.5. The third kappa shape index (κ3) is 5.96. The van der Waals surface area contributed by atoms with Crippen molar-refractivity contribution < 1.29 is 4.79 Å². The van der Waals surface area contributed by atoms with Crippen molar-refractivity contribution >= 4 is 33.4 Å². The van der Waals surface area contributed by atoms with Crippen LogP contribution < -0.4 is 5.32 Å². The molecule has 0 aromatic heterocycles. The third-order valence-corrected chi connectivity index (χ3v) is 3.68. The molecule has 0 aliphatic heterocycles. The van der Waals surface area contributed by atoms with Crippen molar-refractivity contribution in [2.24, 2.45) is 5.41 Å². The lowest BCUT2D eigenvalue weighted by molar-refractivity contribution is 0.0951. The molecule has 1 aromatic rings. The molecule has 0 bridgehead atoms. The van der Waals surface area contributed by atoms with E-state index in [1.165, 1.54) is 0 Å². The number of hydrogen-bond donors (Lipinski definition) is 1. The summed E-state index contributed by atoms with van der Waals surface area (Å²) in [6.07, 6.45) is 0.865. The van der Waals surface area contributed by atoms with Crippen LogP contribution in [0, 0.1) is 12.3 Å². The average molecular weight is 347 g/mol. The Bertz CT molecular complexity index is 454. The monoisotopic (exact) mass is 345 g/mol. The summed E-state index contributed by atoms with van der Waals surface area (Å²) >= 11 is 9.63. The molecule has 0 spiro atoms. The van der Waals surface area contributed by atoms with Crippen LogP contribution >= 0.6 is 27.5 Å². The zero-order chi connectivity index (χ0) is 14.6. The van der Waals surface area contributed by atoms with Gasteiger partial charge in [-0.25, -0.2) is 0 Å². The highest BCUT2D eigenvalue weighted by Crippen LogP contribution is 2.23. The summed E-state index contributed by atoms with van der Waals surface area (Å²) in [5.41, 5.74) is 1.88. The summed E-state index contributed by atoms with van der Waals surface area (Å²) in [4.78, 5) is 12.1. The van der Waals surface area contributed by atoms with Gasteiger partial charge in [-0.05, 0) is 46.8 Å². The van der Waals surface area contributed by atoms with E-state index in [2.05, 4.69) is 42.0 Å². The van der Waals surface area contributed by atoms with Gasteiger partial charge in [0.15, 0.2) is 0 Å². The quantitative estimate of drug-likeness (QED) is 0.797. The van der Waals surface area contributed by atoms with Gasteiger partial charge in [-0.2, -0.15) is 0 Å². The summed E-state index contributed by atoms with van der Waals surface area (Å²) in [5, 5.41) is 2.84. The molecule has 1 unspecified atom stereocenters. The van der Waals surface area contributed by atoms with Crippen molar-refractivity contribution in [1.82, 2.24) is 5.32 Å². The number of carbonyl (C=O) groups is 1. The van der Waals surface area contributed by atoms with Gasteiger partial charge in [-0.3, -0.25) is 4.79 Å². The second-order valence-electron chi connectivity index (χ2n) is 6.06. The van der Waals surface area contributed by atoms with Crippen molar-refractivity contribution in [3.05, 3.63) is 33.8 Å². The van der Waals surface area contributed by atoms with Gasteiger partial charge < -0.3 is 5.32 Å². The minimum absolute atomic E-state index is 0.0486. The maximum absolute atomic E-state index is 12.1. The van der Waals surface area contributed by atoms with Gasteiger partial charge in [0.05, 0.1) is 10.9 Å². The predicted molar refractivity (Wildman–Crippen MR) is 84.9 cm³/mol. The Morgan fingerprint density at radius 3 is 2.63 bits per heavy atom. The van der Waals surface area contributed by atoms with Crippen molar-refractivity contribution in [3.63, 3.8) is 0 Å². The summed E-state index contributed by atoms with van der Waals surface area (Å²) in [5.74, 6) is -0.0878. The number of benzene rings is 1. The Morgan fingerprint density at radius 1 is 1.42 bits per heavy atom. The Labute approximate surface area is 129 Å². The van der Waals surface area contributed by atoms with Gasteiger partial charge in [-0.15, -0.1) is 11.6 Å². The number of rotatable bonds is 4. The lowest BCUT2D eigenvalue weighted by atomic mass is 9.90. The zero-order valence-electron chi connectivity index (χ0n) is 11.9. The minimum atomic E-state index is -0.0878. The van der Waals surface area contributed by atoms with E-state index in [9.17, 15) is 4.79 Å². The first-order valence-electron chi connectivity index (χ1n) is 6.37. The van der Waals surface area contributed by atoms with Crippen LogP contribution in [0.15, 0.2) is 22.7 Å². The van der Waals surface area contributed by atoms with Crippen LogP contribution in [-0.2, 0) is 0 Å². The standard InChI is InChI=1S/C15H21BrClNO/c1-10-5-6-13(16)12(7-10)14(19)18-9-11(17)8-15(2,3)4/h5-7,11H,8-9H2,1-4H3,(H,18,19). The molecule has 1 amide bonds. The second-order valence-corrected chi connectivity index (χ2v) is 7.53. The molecule has 0 radical (unpaired) electrons. The van der Waals surface area contributed by atoms with Gasteiger partial charge in [0.1, 0.15) is 0 Å². The summed E-state index contributed by atoms with van der Waals surface area (Å²) in [6, 6.07) is 5.72. The number of hydrogen-bond acceptors (Lipinski definition) is 1. The first-order valence-corrected chi connectivity index (χ1v) is 7.60. The molecule has 1 atom stereocenters. The van der Waals surface area contributed by atoms with Gasteiger partial charge in [0.2, 0.25) is 0 Å². The van der Waals surface area contributed by atoms with E-state index in [1.807, 2.05) is 25.1 Å². The highest BCUT2D eigenvalue weighted by molar-refractivity contribution is 9.10. The molecule has 4 heteroatoms. The molecule has 1 N–H and O–H groups in total. The fourth-order valence-electron chi connectivity index (χ4n) is 1.85. The smallest absolute Gasteiger partial charge is 0.252 e. The van der Waals surface area contributed by atoms with Gasteiger partial charge >= 0.3 is 0 Å². The molecule has 0 aliphatic rings. The Kier molecular flexibility index (Phi) is 5.87. The van der Waals surface area contributed by atoms with Crippen LogP contribution in [0.4, 0.5) is 0 Å². The number of aryl methyl sites for hydroxylation is 1. The van der Waals surface area contributed by atoms with E-state index >= 15 is 0 Å². The average Bonchev–Trinajstić information content (AvgIpc) is 2.27. The van der Waals surface area contributed by atoms with Crippen molar-refractivity contribution in [1.29, 1.82) is 0 Å². The first-order chi connectivity index (χ1) is 8.69. The molecule has 0 saturated heterocycles. The topological polar surface area (TPSA) is 29.1 Å². The fourth-order valence-corrected chi connectivity index (χ4v) is 2.82. The number of amides is 1. The van der Waals surface area contributed by atoms with Crippen LogP contribution in [0.2, 0.25) is 0 Å². The van der Waals surface area contributed by atoms with E-state index in [1.54, 1.807) is 0 Å². The lowest BCUT2D eigenvalue weighted by Crippen LogP contribution is -2.31. The summed E-state index contributed by atoms with van der Waals surface area (Å²) < 4.78 is 0.803. The molecule has 1 rings (SSSR count). The van der Waals surface area contributed by atoms with Crippen LogP contribution in [0.1, 0.15) is 43.1 Å². The third-order valence-electron chi connectivity index (χ3n) is 2.68. The van der Waals surface area contributed by atoms with Gasteiger partial charge in [0.25, 0.3) is 5.91 Å². The molecule has 0 fully saturated rings. The number of halogens is 2. The van der Waals surface area contributed by atoms with Crippen molar-refractivity contribution in [3.8, 4) is 0 Å². The normalized spacial score (nSPS) is 13.2. The number of carbonyl (C=O) groups excluding carboxylic acids is 1. The van der Waals surface area contributed by atoms with Crippen LogP contribution in [0.3, 0.4) is 0 Å². The zero-order valence-corrected chi connectivity index (χ0v) is 14.2. The summed E-state index contributed by atoms with van der Waals surface area (Å²) in [7, 11) is 0. The van der Waals surface area contributed by atoms with Crippen LogP contribution in [-0.4, -0.2) is 17.8 Å². The number of nitrogens with one attached hydrogen (secondary N) is 1. The molecule has 106 valence electrons. The van der Waals surface area contributed by atoms with Crippen molar-refractivity contribution in [2.45, 2.75) is 39.5 Å². The van der Waals surface area contributed by atoms with E-state index < -0.39 is 0 Å². The Balaban J connectivity index is 2.58. The van der Waals surface area contributed by atoms with Crippen molar-refractivity contribution in [2.75, 3.05) is 6.54 Å². The minimum Gasteiger partial charge on any atom is -0.351 e. The molecule has 0 heterocycles. The Morgan fingerprint density at radius 2 is 2.05 bits per heavy atom. The predicted octanol–water partition coefficient (Wildman–Crippen LogP) is 4.53. The molecular formula is C15H21BrClNO. The highest BCUT2D eigenvalue weighted by Gasteiger charge is 2.18. The molecular weight excluding hydrogens is 326 g/mol. The maximum atomic E-state index is 12.1. The van der Waals surface area contributed by atoms with Gasteiger partial charge in [-0.1, -0.05) is 32.4 Å². The SMILES string of the molecule is Cc1ccc(Br)c(C(=O)NCC(Cl)CC(C)(C)C)c1. The molecule has 19 heavy (non-hydrogen) atoms. The largest absolute Gasteiger partial charge is 0.351 e. The molecule has 0 saturated carbocycles. The summed E-state index contributed by atoms with van der Waals surface area (Å²) in [6.45, 7) is 8.87. The molecule has 0 aliphatic carbocycles. The fraction of sp³-hybridized carbons (Fsp3) is 0.533. The van der Waals surface area contributed by atoms with Gasteiger partial charge in [0, 0.05) is 11.0 Å². The van der Waals surface area contributed by atoms with Crippen LogP contribution in [0.5, 0.6) is 0 Å². The van der Waals surface area contributed by atoms with E-state index in [4.69, 9.17) is 11.6 Å². The molecule has 2 nitrogen and oxygen atoms in total. The Hall–Kier alpha value is -0.540. The number of alkyl halides is 1. The van der Waals surface area contributed by atoms with E-state index in [-0.39, 0.29) is 16.7 Å². The van der Waals surface area contributed by atoms with Crippen LogP contribution in [0.25, 0.3) is 0 Å². The highest BCUT2D eigenvalue weighted by atomic mass is 79.9. The van der Waals surface area contributed by atoms with E-state index in [0.717, 1.165) is 16.5 Å².